The third-order valence-corrected chi connectivity index (χ3v) is 6.05. The van der Waals surface area contributed by atoms with Crippen LogP contribution in [0.25, 0.3) is 0 Å². The molecule has 5 rings (SSSR count). The minimum Gasteiger partial charge on any atom is -0.486 e. The zero-order valence-electron chi connectivity index (χ0n) is 11.6. The minimum atomic E-state index is -0.478. The van der Waals surface area contributed by atoms with Crippen molar-refractivity contribution in [2.45, 2.75) is 36.5 Å². The summed E-state index contributed by atoms with van der Waals surface area (Å²) in [6.07, 6.45) is 5.83. The number of aliphatic hydroxyl groups excluding tert-OH is 1. The van der Waals surface area contributed by atoms with Crippen molar-refractivity contribution in [2.75, 3.05) is 13.6 Å². The highest BCUT2D eigenvalue weighted by Crippen LogP contribution is 2.60. The van der Waals surface area contributed by atoms with E-state index < -0.39 is 6.10 Å². The fourth-order valence-electron chi connectivity index (χ4n) is 5.21. The van der Waals surface area contributed by atoms with Gasteiger partial charge in [0.25, 0.3) is 0 Å². The molecule has 2 aliphatic carbocycles. The normalized spacial score (nSPS) is 44.1. The van der Waals surface area contributed by atoms with Crippen LogP contribution in [0.3, 0.4) is 0 Å². The highest BCUT2D eigenvalue weighted by Gasteiger charge is 2.63. The average Bonchev–Trinajstić information content (AvgIpc) is 2.79. The molecule has 1 spiro atoms. The summed E-state index contributed by atoms with van der Waals surface area (Å²) in [4.78, 5) is 2.49. The summed E-state index contributed by atoms with van der Waals surface area (Å²) in [5.41, 5.74) is 2.85. The molecule has 2 bridgehead atoms. The van der Waals surface area contributed by atoms with Crippen LogP contribution in [0.4, 0.5) is 0 Å². The molecule has 0 aromatic heterocycles. The number of likely N-dealkylation sites (N-methyl/N-ethyl adjacent to an activating group) is 1. The summed E-state index contributed by atoms with van der Waals surface area (Å²) in [5.74, 6) is 1.49. The zero-order valence-corrected chi connectivity index (χ0v) is 11.6. The van der Waals surface area contributed by atoms with E-state index in [1.54, 1.807) is 0 Å². The summed E-state index contributed by atoms with van der Waals surface area (Å²) in [6, 6.07) is 6.96. The van der Waals surface area contributed by atoms with Gasteiger partial charge in [-0.2, -0.15) is 0 Å². The van der Waals surface area contributed by atoms with Crippen molar-refractivity contribution < 1.29 is 9.84 Å². The second-order valence-electron chi connectivity index (χ2n) is 6.77. The van der Waals surface area contributed by atoms with Gasteiger partial charge in [-0.1, -0.05) is 24.3 Å². The Labute approximate surface area is 118 Å². The van der Waals surface area contributed by atoms with Gasteiger partial charge in [-0.25, -0.2) is 0 Å². The monoisotopic (exact) mass is 269 g/mol. The number of piperidine rings is 1. The maximum absolute atomic E-state index is 10.4. The predicted molar refractivity (Wildman–Crippen MR) is 75.9 cm³/mol. The third-order valence-electron chi connectivity index (χ3n) is 6.05. The van der Waals surface area contributed by atoms with Crippen LogP contribution in [0.5, 0.6) is 5.75 Å². The van der Waals surface area contributed by atoms with Gasteiger partial charge in [0.2, 0.25) is 0 Å². The second kappa shape index (κ2) is 3.46. The number of likely N-dealkylation sites (tertiary alicyclic amines) is 1. The predicted octanol–water partition coefficient (Wildman–Crippen LogP) is 1.49. The van der Waals surface area contributed by atoms with Crippen LogP contribution in [0.1, 0.15) is 17.5 Å². The van der Waals surface area contributed by atoms with E-state index in [0.29, 0.717) is 12.0 Å². The number of rotatable bonds is 0. The Balaban J connectivity index is 1.83. The lowest BCUT2D eigenvalue weighted by atomic mass is 9.53. The summed E-state index contributed by atoms with van der Waals surface area (Å²) in [6.45, 7) is 1.09. The molecule has 0 saturated carbocycles. The van der Waals surface area contributed by atoms with Crippen molar-refractivity contribution >= 4 is 0 Å². The van der Waals surface area contributed by atoms with Crippen molar-refractivity contribution in [1.29, 1.82) is 0 Å². The van der Waals surface area contributed by atoms with Gasteiger partial charge in [-0.3, -0.25) is 0 Å². The Hall–Kier alpha value is -1.32. The van der Waals surface area contributed by atoms with Crippen molar-refractivity contribution in [2.24, 2.45) is 5.92 Å². The van der Waals surface area contributed by atoms with Crippen molar-refractivity contribution in [1.82, 2.24) is 4.90 Å². The summed E-state index contributed by atoms with van der Waals surface area (Å²) in [7, 11) is 2.23. The molecule has 20 heavy (non-hydrogen) atoms. The molecule has 1 N–H and O–H groups in total. The number of aliphatic hydroxyl groups is 1. The van der Waals surface area contributed by atoms with Gasteiger partial charge < -0.3 is 14.7 Å². The molecular weight excluding hydrogens is 250 g/mol. The van der Waals surface area contributed by atoms with Gasteiger partial charge in [0.15, 0.2) is 0 Å². The topological polar surface area (TPSA) is 32.7 Å². The van der Waals surface area contributed by atoms with Gasteiger partial charge in [0.05, 0.1) is 0 Å². The van der Waals surface area contributed by atoms with Crippen molar-refractivity contribution in [3.63, 3.8) is 0 Å². The minimum absolute atomic E-state index is 0.00944. The van der Waals surface area contributed by atoms with Crippen LogP contribution in [0.2, 0.25) is 0 Å². The Kier molecular flexibility index (Phi) is 1.97. The molecule has 1 fully saturated rings. The fraction of sp³-hybridized carbons (Fsp3) is 0.529. The van der Waals surface area contributed by atoms with Crippen LogP contribution >= 0.6 is 0 Å². The molecule has 3 nitrogen and oxygen atoms in total. The number of benzene rings is 1. The molecular formula is C17H19NO2. The second-order valence-corrected chi connectivity index (χ2v) is 6.77. The van der Waals surface area contributed by atoms with Gasteiger partial charge in [-0.15, -0.1) is 0 Å². The Morgan fingerprint density at radius 1 is 1.35 bits per heavy atom. The lowest BCUT2D eigenvalue weighted by Crippen LogP contribution is -2.64. The van der Waals surface area contributed by atoms with Gasteiger partial charge in [-0.05, 0) is 38.1 Å². The summed E-state index contributed by atoms with van der Waals surface area (Å²) < 4.78 is 6.21. The number of ether oxygens (including phenoxy) is 1. The smallest absolute Gasteiger partial charge is 0.138 e. The molecule has 2 heterocycles. The van der Waals surface area contributed by atoms with Crippen LogP contribution in [0, 0.1) is 5.92 Å². The van der Waals surface area contributed by atoms with E-state index in [4.69, 9.17) is 4.74 Å². The Morgan fingerprint density at radius 2 is 2.25 bits per heavy atom. The molecule has 1 unspecified atom stereocenters. The molecule has 3 heteroatoms. The van der Waals surface area contributed by atoms with E-state index in [2.05, 4.69) is 36.2 Å². The largest absolute Gasteiger partial charge is 0.486 e. The molecule has 5 atom stereocenters. The highest BCUT2D eigenvalue weighted by molar-refractivity contribution is 5.56. The molecule has 4 aliphatic rings. The SMILES string of the molecule is CN1CC[C@]23c4c5cccc4OC2[C@@H](O)C=C[C@H]3[C@H]1C5. The first-order valence-electron chi connectivity index (χ1n) is 7.57. The lowest BCUT2D eigenvalue weighted by Gasteiger charge is -2.56. The first kappa shape index (κ1) is 11.4. The number of nitrogens with zero attached hydrogens (tertiary/aromatic N) is 1. The average molecular weight is 269 g/mol. The standard InChI is InChI=1S/C17H19NO2/c1-18-8-7-17-11-5-6-13(19)16(17)20-14-4-2-3-10(15(14)17)9-12(11)18/h2-6,11-13,16,19H,7-9H2,1H3/t11-,12+,13-,16?,17-/m0/s1. The van der Waals surface area contributed by atoms with Crippen LogP contribution in [-0.2, 0) is 11.8 Å². The Bertz CT molecular complexity index is 625. The maximum atomic E-state index is 10.4. The molecule has 1 aromatic rings. The number of hydrogen-bond donors (Lipinski definition) is 1. The van der Waals surface area contributed by atoms with Crippen LogP contribution < -0.4 is 4.74 Å². The molecule has 104 valence electrons. The molecule has 2 aliphatic heterocycles. The van der Waals surface area contributed by atoms with E-state index in [9.17, 15) is 5.11 Å². The van der Waals surface area contributed by atoms with E-state index in [0.717, 1.165) is 25.1 Å². The van der Waals surface area contributed by atoms with E-state index in [1.165, 1.54) is 11.1 Å². The first-order chi connectivity index (χ1) is 9.72. The Morgan fingerprint density at radius 3 is 3.15 bits per heavy atom. The van der Waals surface area contributed by atoms with E-state index >= 15 is 0 Å². The summed E-state index contributed by atoms with van der Waals surface area (Å²) >= 11 is 0. The lowest BCUT2D eigenvalue weighted by molar-refractivity contribution is -0.0450. The maximum Gasteiger partial charge on any atom is 0.138 e. The van der Waals surface area contributed by atoms with Gasteiger partial charge >= 0.3 is 0 Å². The molecule has 0 amide bonds. The highest BCUT2D eigenvalue weighted by atomic mass is 16.5. The first-order valence-corrected chi connectivity index (χ1v) is 7.57. The van der Waals surface area contributed by atoms with Crippen molar-refractivity contribution in [3.8, 4) is 5.75 Å². The van der Waals surface area contributed by atoms with E-state index in [1.807, 2.05) is 6.08 Å². The van der Waals surface area contributed by atoms with Gasteiger partial charge in [0.1, 0.15) is 18.0 Å². The zero-order chi connectivity index (χ0) is 13.5. The van der Waals surface area contributed by atoms with Crippen molar-refractivity contribution in [3.05, 3.63) is 41.5 Å². The molecule has 0 radical (unpaired) electrons. The van der Waals surface area contributed by atoms with E-state index in [-0.39, 0.29) is 11.5 Å². The van der Waals surface area contributed by atoms with Crippen LogP contribution in [-0.4, -0.2) is 41.8 Å². The quantitative estimate of drug-likeness (QED) is 0.724. The van der Waals surface area contributed by atoms with Gasteiger partial charge in [0, 0.05) is 22.9 Å². The summed E-state index contributed by atoms with van der Waals surface area (Å²) in [5, 5.41) is 10.4. The third kappa shape index (κ3) is 1.08. The molecule has 1 aromatic carbocycles. The van der Waals surface area contributed by atoms with Crippen LogP contribution in [0.15, 0.2) is 30.4 Å². The fourth-order valence-corrected chi connectivity index (χ4v) is 5.21. The molecule has 1 saturated heterocycles. The number of hydrogen-bond acceptors (Lipinski definition) is 3.